The second kappa shape index (κ2) is 7.47. The minimum absolute atomic E-state index is 0.225. The quantitative estimate of drug-likeness (QED) is 0.811. The highest BCUT2D eigenvalue weighted by molar-refractivity contribution is 5.76. The highest BCUT2D eigenvalue weighted by atomic mass is 19.3. The van der Waals surface area contributed by atoms with Crippen LogP contribution in [0.3, 0.4) is 0 Å². The van der Waals surface area contributed by atoms with Gasteiger partial charge in [0.15, 0.2) is 0 Å². The van der Waals surface area contributed by atoms with Crippen molar-refractivity contribution in [3.05, 3.63) is 71.0 Å². The van der Waals surface area contributed by atoms with Gasteiger partial charge in [0.25, 0.3) is 5.92 Å². The fourth-order valence-electron chi connectivity index (χ4n) is 4.02. The van der Waals surface area contributed by atoms with Crippen molar-refractivity contribution in [1.29, 1.82) is 0 Å². The SMILES string of the molecule is O=C(N1CCNCC(F)(F)C1)N1CCc2ccccc2[C@@H]1c1ccc(F)cc1. The average Bonchev–Trinajstić information content (AvgIpc) is 2.88. The third-order valence-electron chi connectivity index (χ3n) is 5.35. The molecule has 0 bridgehead atoms. The van der Waals surface area contributed by atoms with E-state index in [9.17, 15) is 18.0 Å². The number of amides is 2. The lowest BCUT2D eigenvalue weighted by atomic mass is 9.88. The topological polar surface area (TPSA) is 35.6 Å². The fourth-order valence-corrected chi connectivity index (χ4v) is 4.02. The molecule has 4 nitrogen and oxygen atoms in total. The van der Waals surface area contributed by atoms with Gasteiger partial charge >= 0.3 is 6.03 Å². The van der Waals surface area contributed by atoms with Crippen molar-refractivity contribution >= 4 is 6.03 Å². The molecule has 1 saturated heterocycles. The Morgan fingerprint density at radius 3 is 2.61 bits per heavy atom. The van der Waals surface area contributed by atoms with E-state index in [1.807, 2.05) is 24.3 Å². The van der Waals surface area contributed by atoms with E-state index in [0.717, 1.165) is 16.7 Å². The monoisotopic (exact) mass is 389 g/mol. The molecule has 2 amide bonds. The zero-order valence-electron chi connectivity index (χ0n) is 15.4. The maximum absolute atomic E-state index is 14.0. The third kappa shape index (κ3) is 3.71. The Hall–Kier alpha value is -2.54. The van der Waals surface area contributed by atoms with Crippen molar-refractivity contribution in [3.63, 3.8) is 0 Å². The Bertz CT molecular complexity index is 856. The summed E-state index contributed by atoms with van der Waals surface area (Å²) in [5.41, 5.74) is 2.83. The molecule has 0 radical (unpaired) electrons. The van der Waals surface area contributed by atoms with Crippen molar-refractivity contribution in [2.45, 2.75) is 18.4 Å². The first-order valence-electron chi connectivity index (χ1n) is 9.42. The van der Waals surface area contributed by atoms with E-state index < -0.39 is 31.1 Å². The number of carbonyl (C=O) groups is 1. The van der Waals surface area contributed by atoms with E-state index in [2.05, 4.69) is 5.32 Å². The molecule has 0 aromatic heterocycles. The molecule has 0 spiro atoms. The predicted molar refractivity (Wildman–Crippen MR) is 99.9 cm³/mol. The number of nitrogens with zero attached hydrogens (tertiary/aromatic N) is 2. The van der Waals surface area contributed by atoms with Crippen molar-refractivity contribution in [3.8, 4) is 0 Å². The molecular formula is C21H22F3N3O. The zero-order valence-corrected chi connectivity index (χ0v) is 15.4. The van der Waals surface area contributed by atoms with E-state index in [1.54, 1.807) is 17.0 Å². The van der Waals surface area contributed by atoms with Gasteiger partial charge in [0.1, 0.15) is 5.82 Å². The van der Waals surface area contributed by atoms with Gasteiger partial charge in [-0.3, -0.25) is 0 Å². The molecule has 7 heteroatoms. The van der Waals surface area contributed by atoms with Crippen LogP contribution in [-0.2, 0) is 6.42 Å². The molecule has 28 heavy (non-hydrogen) atoms. The van der Waals surface area contributed by atoms with E-state index in [0.29, 0.717) is 19.5 Å². The summed E-state index contributed by atoms with van der Waals surface area (Å²) in [6, 6.07) is 13.0. The lowest BCUT2D eigenvalue weighted by Gasteiger charge is -2.40. The van der Waals surface area contributed by atoms with Crippen LogP contribution < -0.4 is 5.32 Å². The number of halogens is 3. The summed E-state index contributed by atoms with van der Waals surface area (Å²) in [6.07, 6.45) is 0.655. The molecule has 2 aromatic rings. The molecule has 0 aliphatic carbocycles. The maximum atomic E-state index is 14.0. The summed E-state index contributed by atoms with van der Waals surface area (Å²) in [5, 5.41) is 2.69. The largest absolute Gasteiger partial charge is 0.321 e. The number of urea groups is 1. The normalized spacial score (nSPS) is 21.8. The van der Waals surface area contributed by atoms with Crippen LogP contribution in [0.25, 0.3) is 0 Å². The summed E-state index contributed by atoms with van der Waals surface area (Å²) in [5.74, 6) is -3.32. The average molecular weight is 389 g/mol. The van der Waals surface area contributed by atoms with Gasteiger partial charge in [-0.2, -0.15) is 0 Å². The van der Waals surface area contributed by atoms with Crippen LogP contribution in [0.1, 0.15) is 22.7 Å². The molecule has 2 heterocycles. The van der Waals surface area contributed by atoms with Crippen LogP contribution in [0.4, 0.5) is 18.0 Å². The van der Waals surface area contributed by atoms with Gasteiger partial charge in [-0.15, -0.1) is 0 Å². The molecule has 4 rings (SSSR count). The van der Waals surface area contributed by atoms with E-state index in [-0.39, 0.29) is 12.4 Å². The second-order valence-corrected chi connectivity index (χ2v) is 7.33. The molecule has 1 atom stereocenters. The Balaban J connectivity index is 1.70. The number of hydrogen-bond donors (Lipinski definition) is 1. The fraction of sp³-hybridized carbons (Fsp3) is 0.381. The molecular weight excluding hydrogens is 367 g/mol. The number of rotatable bonds is 1. The lowest BCUT2D eigenvalue weighted by molar-refractivity contribution is -0.0143. The van der Waals surface area contributed by atoms with Crippen molar-refractivity contribution < 1.29 is 18.0 Å². The zero-order chi connectivity index (χ0) is 19.7. The molecule has 2 aliphatic heterocycles. The molecule has 2 aliphatic rings. The number of benzene rings is 2. The van der Waals surface area contributed by atoms with Gasteiger partial charge in [0, 0.05) is 19.6 Å². The molecule has 1 N–H and O–H groups in total. The number of carbonyl (C=O) groups excluding carboxylic acids is 1. The summed E-state index contributed by atoms with van der Waals surface area (Å²) in [6.45, 7) is -0.0583. The summed E-state index contributed by atoms with van der Waals surface area (Å²) < 4.78 is 41.5. The third-order valence-corrected chi connectivity index (χ3v) is 5.35. The van der Waals surface area contributed by atoms with Crippen LogP contribution in [0.5, 0.6) is 0 Å². The smallest absolute Gasteiger partial charge is 0.317 e. The van der Waals surface area contributed by atoms with Crippen molar-refractivity contribution in [2.24, 2.45) is 0 Å². The number of hydrogen-bond acceptors (Lipinski definition) is 2. The van der Waals surface area contributed by atoms with Crippen LogP contribution in [0, 0.1) is 5.82 Å². The molecule has 148 valence electrons. The molecule has 0 unspecified atom stereocenters. The Labute approximate surface area is 161 Å². The number of alkyl halides is 2. The molecule has 1 fully saturated rings. The van der Waals surface area contributed by atoms with Gasteiger partial charge in [0.2, 0.25) is 0 Å². The maximum Gasteiger partial charge on any atom is 0.321 e. The molecule has 0 saturated carbocycles. The summed E-state index contributed by atoms with van der Waals surface area (Å²) in [4.78, 5) is 16.1. The van der Waals surface area contributed by atoms with E-state index in [4.69, 9.17) is 0 Å². The second-order valence-electron chi connectivity index (χ2n) is 7.33. The standard InChI is InChI=1S/C21H22F3N3O/c22-17-7-5-16(6-8-17)19-18-4-2-1-3-15(18)9-11-27(19)20(28)26-12-10-25-13-21(23,24)14-26/h1-8,19,25H,9-14H2/t19-/m0/s1. The van der Waals surface area contributed by atoms with Crippen LogP contribution in [0.15, 0.2) is 48.5 Å². The Morgan fingerprint density at radius 1 is 1.07 bits per heavy atom. The van der Waals surface area contributed by atoms with Gasteiger partial charge < -0.3 is 15.1 Å². The van der Waals surface area contributed by atoms with Crippen molar-refractivity contribution in [1.82, 2.24) is 15.1 Å². The van der Waals surface area contributed by atoms with Gasteiger partial charge in [-0.25, -0.2) is 18.0 Å². The predicted octanol–water partition coefficient (Wildman–Crippen LogP) is 3.43. The first kappa shape index (κ1) is 18.8. The Kier molecular flexibility index (Phi) is 5.02. The highest BCUT2D eigenvalue weighted by Gasteiger charge is 2.39. The highest BCUT2D eigenvalue weighted by Crippen LogP contribution is 2.36. The minimum atomic E-state index is -2.97. The van der Waals surface area contributed by atoms with Gasteiger partial charge in [-0.1, -0.05) is 36.4 Å². The summed E-state index contributed by atoms with van der Waals surface area (Å²) in [7, 11) is 0. The van der Waals surface area contributed by atoms with Gasteiger partial charge in [0.05, 0.1) is 19.1 Å². The summed E-state index contributed by atoms with van der Waals surface area (Å²) >= 11 is 0. The first-order valence-corrected chi connectivity index (χ1v) is 9.42. The lowest BCUT2D eigenvalue weighted by Crippen LogP contribution is -2.51. The number of nitrogens with one attached hydrogen (secondary N) is 1. The van der Waals surface area contributed by atoms with Gasteiger partial charge in [-0.05, 0) is 35.2 Å². The molecule has 2 aromatic carbocycles. The van der Waals surface area contributed by atoms with Crippen LogP contribution >= 0.6 is 0 Å². The number of fused-ring (bicyclic) bond motifs is 1. The minimum Gasteiger partial charge on any atom is -0.317 e. The first-order chi connectivity index (χ1) is 13.4. The van der Waals surface area contributed by atoms with Crippen molar-refractivity contribution in [2.75, 3.05) is 32.7 Å². The van der Waals surface area contributed by atoms with Crippen LogP contribution in [-0.4, -0.2) is 54.5 Å². The van der Waals surface area contributed by atoms with Crippen LogP contribution in [0.2, 0.25) is 0 Å². The Morgan fingerprint density at radius 2 is 1.82 bits per heavy atom. The van der Waals surface area contributed by atoms with E-state index >= 15 is 0 Å². The van der Waals surface area contributed by atoms with E-state index in [1.165, 1.54) is 17.0 Å².